The zero-order valence-electron chi connectivity index (χ0n) is 14.7. The van der Waals surface area contributed by atoms with Crippen molar-refractivity contribution in [3.63, 3.8) is 0 Å². The number of methoxy groups -OCH3 is 1. The lowest BCUT2D eigenvalue weighted by atomic mass is 10.0. The van der Waals surface area contributed by atoms with Gasteiger partial charge in [-0.25, -0.2) is 9.18 Å². The molecule has 138 valence electrons. The molecule has 6 nitrogen and oxygen atoms in total. The van der Waals surface area contributed by atoms with Crippen LogP contribution in [0.4, 0.5) is 14.9 Å². The number of likely N-dealkylation sites (tertiary alicyclic amines) is 1. The van der Waals surface area contributed by atoms with E-state index >= 15 is 0 Å². The van der Waals surface area contributed by atoms with E-state index in [4.69, 9.17) is 4.74 Å². The predicted molar refractivity (Wildman–Crippen MR) is 97.6 cm³/mol. The molecular formula is C19H23FN4O2. The highest BCUT2D eigenvalue weighted by Crippen LogP contribution is 2.20. The Bertz CT molecular complexity index is 734. The van der Waals surface area contributed by atoms with Crippen LogP contribution < -0.4 is 15.4 Å². The molecule has 7 heteroatoms. The topological polar surface area (TPSA) is 66.5 Å². The number of benzene rings is 1. The molecule has 3 rings (SSSR count). The van der Waals surface area contributed by atoms with Crippen LogP contribution in [0.5, 0.6) is 5.75 Å². The van der Waals surface area contributed by atoms with Crippen molar-refractivity contribution >= 4 is 11.7 Å². The highest BCUT2D eigenvalue weighted by atomic mass is 19.1. The minimum absolute atomic E-state index is 0.0847. The van der Waals surface area contributed by atoms with E-state index in [-0.39, 0.29) is 17.8 Å². The van der Waals surface area contributed by atoms with Crippen molar-refractivity contribution in [2.24, 2.45) is 0 Å². The molecule has 1 aliphatic rings. The third kappa shape index (κ3) is 4.92. The summed E-state index contributed by atoms with van der Waals surface area (Å²) >= 11 is 0. The Labute approximate surface area is 152 Å². The number of rotatable bonds is 5. The largest absolute Gasteiger partial charge is 0.497 e. The van der Waals surface area contributed by atoms with Gasteiger partial charge in [0.1, 0.15) is 11.6 Å². The normalized spacial score (nSPS) is 15.5. The number of halogens is 1. The molecule has 1 aliphatic heterocycles. The number of hydrogen-bond acceptors (Lipinski definition) is 4. The summed E-state index contributed by atoms with van der Waals surface area (Å²) in [6.07, 6.45) is 5.36. The molecule has 26 heavy (non-hydrogen) atoms. The summed E-state index contributed by atoms with van der Waals surface area (Å²) in [7, 11) is 1.47. The lowest BCUT2D eigenvalue weighted by Gasteiger charge is -2.32. The molecule has 2 N–H and O–H groups in total. The van der Waals surface area contributed by atoms with E-state index in [0.717, 1.165) is 32.5 Å². The van der Waals surface area contributed by atoms with E-state index in [1.54, 1.807) is 12.3 Å². The minimum atomic E-state index is -0.522. The third-order valence-corrected chi connectivity index (χ3v) is 4.48. The Morgan fingerprint density at radius 1 is 1.35 bits per heavy atom. The van der Waals surface area contributed by atoms with Gasteiger partial charge in [0.25, 0.3) is 0 Å². The maximum Gasteiger partial charge on any atom is 0.319 e. The average Bonchev–Trinajstić information content (AvgIpc) is 2.66. The first-order chi connectivity index (χ1) is 12.6. The number of urea groups is 1. The van der Waals surface area contributed by atoms with E-state index < -0.39 is 5.82 Å². The number of carbonyl (C=O) groups is 1. The lowest BCUT2D eigenvalue weighted by molar-refractivity contribution is 0.189. The van der Waals surface area contributed by atoms with Crippen LogP contribution in [0.15, 0.2) is 42.7 Å². The fourth-order valence-electron chi connectivity index (χ4n) is 3.05. The Kier molecular flexibility index (Phi) is 6.01. The quantitative estimate of drug-likeness (QED) is 0.862. The first-order valence-electron chi connectivity index (χ1n) is 8.66. The second kappa shape index (κ2) is 8.62. The van der Waals surface area contributed by atoms with Gasteiger partial charge >= 0.3 is 6.03 Å². The van der Waals surface area contributed by atoms with Crippen LogP contribution in [0.25, 0.3) is 0 Å². The number of amides is 2. The monoisotopic (exact) mass is 358 g/mol. The molecule has 0 spiro atoms. The van der Waals surface area contributed by atoms with Gasteiger partial charge < -0.3 is 15.4 Å². The van der Waals surface area contributed by atoms with E-state index in [0.29, 0.717) is 5.75 Å². The van der Waals surface area contributed by atoms with Crippen molar-refractivity contribution in [1.29, 1.82) is 0 Å². The second-order valence-electron chi connectivity index (χ2n) is 6.36. The van der Waals surface area contributed by atoms with Crippen molar-refractivity contribution < 1.29 is 13.9 Å². The van der Waals surface area contributed by atoms with Gasteiger partial charge in [0, 0.05) is 44.1 Å². The zero-order chi connectivity index (χ0) is 18.4. The Morgan fingerprint density at radius 2 is 2.15 bits per heavy atom. The van der Waals surface area contributed by atoms with Crippen LogP contribution in [0.3, 0.4) is 0 Å². The number of carbonyl (C=O) groups excluding carboxylic acids is 1. The fourth-order valence-corrected chi connectivity index (χ4v) is 3.05. The summed E-state index contributed by atoms with van der Waals surface area (Å²) in [6.45, 7) is 2.66. The lowest BCUT2D eigenvalue weighted by Crippen LogP contribution is -2.45. The molecule has 1 aromatic carbocycles. The van der Waals surface area contributed by atoms with Crippen LogP contribution in [-0.4, -0.2) is 42.2 Å². The molecule has 0 atom stereocenters. The van der Waals surface area contributed by atoms with Gasteiger partial charge in [-0.05, 0) is 36.6 Å². The molecule has 0 saturated carbocycles. The first kappa shape index (κ1) is 18.1. The minimum Gasteiger partial charge on any atom is -0.497 e. The van der Waals surface area contributed by atoms with Crippen molar-refractivity contribution in [2.75, 3.05) is 25.5 Å². The Hall–Kier alpha value is -2.67. The Morgan fingerprint density at radius 3 is 2.81 bits per heavy atom. The zero-order valence-corrected chi connectivity index (χ0v) is 14.7. The summed E-state index contributed by atoms with van der Waals surface area (Å²) in [4.78, 5) is 18.6. The highest BCUT2D eigenvalue weighted by Gasteiger charge is 2.21. The number of piperidine rings is 1. The van der Waals surface area contributed by atoms with Crippen molar-refractivity contribution in [3.8, 4) is 5.75 Å². The highest BCUT2D eigenvalue weighted by molar-refractivity contribution is 5.89. The fraction of sp³-hybridized carbons (Fsp3) is 0.368. The van der Waals surface area contributed by atoms with E-state index in [9.17, 15) is 9.18 Å². The number of nitrogens with one attached hydrogen (secondary N) is 2. The van der Waals surface area contributed by atoms with Gasteiger partial charge in [0.05, 0.1) is 12.8 Å². The van der Waals surface area contributed by atoms with Crippen molar-refractivity contribution in [1.82, 2.24) is 15.2 Å². The predicted octanol–water partition coefficient (Wildman–Crippen LogP) is 3.02. The summed E-state index contributed by atoms with van der Waals surface area (Å²) in [6, 6.07) is 8.04. The first-order valence-corrected chi connectivity index (χ1v) is 8.66. The summed E-state index contributed by atoms with van der Waals surface area (Å²) < 4.78 is 18.9. The number of anilines is 1. The SMILES string of the molecule is COc1ccc(NC(=O)NC2CCN(Cc3cccnc3)CC2)c(F)c1. The number of pyridine rings is 1. The number of hydrogen-bond donors (Lipinski definition) is 2. The molecule has 0 bridgehead atoms. The molecule has 2 heterocycles. The molecule has 0 aliphatic carbocycles. The van der Waals surface area contributed by atoms with E-state index in [2.05, 4.69) is 26.6 Å². The van der Waals surface area contributed by atoms with Crippen LogP contribution >= 0.6 is 0 Å². The van der Waals surface area contributed by atoms with Crippen LogP contribution in [0, 0.1) is 5.82 Å². The van der Waals surface area contributed by atoms with Gasteiger partial charge in [0.2, 0.25) is 0 Å². The smallest absolute Gasteiger partial charge is 0.319 e. The number of nitrogens with zero attached hydrogens (tertiary/aromatic N) is 2. The van der Waals surface area contributed by atoms with Crippen LogP contribution in [0.1, 0.15) is 18.4 Å². The molecule has 0 radical (unpaired) electrons. The van der Waals surface area contributed by atoms with Gasteiger partial charge in [0.15, 0.2) is 0 Å². The maximum absolute atomic E-state index is 13.9. The van der Waals surface area contributed by atoms with Gasteiger partial charge in [-0.15, -0.1) is 0 Å². The van der Waals surface area contributed by atoms with Crippen LogP contribution in [-0.2, 0) is 6.54 Å². The average molecular weight is 358 g/mol. The van der Waals surface area contributed by atoms with Gasteiger partial charge in [-0.3, -0.25) is 9.88 Å². The van der Waals surface area contributed by atoms with Crippen molar-refractivity contribution in [3.05, 3.63) is 54.1 Å². The summed E-state index contributed by atoms with van der Waals surface area (Å²) in [5, 5.41) is 5.48. The standard InChI is InChI=1S/C19H23FN4O2/c1-26-16-4-5-18(17(20)11-16)23-19(25)22-15-6-9-24(10-7-15)13-14-3-2-8-21-12-14/h2-5,8,11-12,15H,6-7,9-10,13H2,1H3,(H2,22,23,25). The van der Waals surface area contributed by atoms with Crippen molar-refractivity contribution in [2.45, 2.75) is 25.4 Å². The van der Waals surface area contributed by atoms with Gasteiger partial charge in [-0.1, -0.05) is 6.07 Å². The van der Waals surface area contributed by atoms with E-state index in [1.807, 2.05) is 12.3 Å². The second-order valence-corrected chi connectivity index (χ2v) is 6.36. The third-order valence-electron chi connectivity index (χ3n) is 4.48. The molecular weight excluding hydrogens is 335 g/mol. The number of aromatic nitrogens is 1. The molecule has 0 unspecified atom stereocenters. The molecule has 1 fully saturated rings. The summed E-state index contributed by atoms with van der Waals surface area (Å²) in [5.74, 6) is -0.111. The molecule has 2 amide bonds. The van der Waals surface area contributed by atoms with Crippen LogP contribution in [0.2, 0.25) is 0 Å². The van der Waals surface area contributed by atoms with E-state index in [1.165, 1.54) is 24.8 Å². The van der Waals surface area contributed by atoms with Gasteiger partial charge in [-0.2, -0.15) is 0 Å². The summed E-state index contributed by atoms with van der Waals surface area (Å²) in [5.41, 5.74) is 1.32. The number of ether oxygens (including phenoxy) is 1. The molecule has 1 saturated heterocycles. The Balaban J connectivity index is 1.45. The maximum atomic E-state index is 13.9. The molecule has 2 aromatic rings. The molecule has 1 aromatic heterocycles.